The van der Waals surface area contributed by atoms with Crippen LogP contribution >= 0.6 is 0 Å². The Labute approximate surface area is 218 Å². The molecule has 1 saturated carbocycles. The van der Waals surface area contributed by atoms with Crippen LogP contribution < -0.4 is 4.74 Å². The zero-order chi connectivity index (χ0) is 26.4. The van der Waals surface area contributed by atoms with Crippen LogP contribution in [0.15, 0.2) is 53.0 Å². The van der Waals surface area contributed by atoms with Crippen LogP contribution in [0.4, 0.5) is 0 Å². The Bertz CT molecular complexity index is 1200. The minimum absolute atomic E-state index is 0.241. The molecule has 2 aliphatic rings. The number of oxazole rings is 1. The fourth-order valence-corrected chi connectivity index (χ4v) is 5.24. The summed E-state index contributed by atoms with van der Waals surface area (Å²) in [6.07, 6.45) is 17.0. The molecule has 2 aromatic rings. The molecule has 1 aromatic heterocycles. The van der Waals surface area contributed by atoms with E-state index in [0.29, 0.717) is 42.6 Å². The van der Waals surface area contributed by atoms with Gasteiger partial charge in [-0.1, -0.05) is 43.2 Å². The van der Waals surface area contributed by atoms with Crippen molar-refractivity contribution in [3.8, 4) is 5.75 Å². The number of fused-ring (bicyclic) bond motifs is 1. The molecule has 1 aliphatic heterocycles. The molecular weight excluding hydrogens is 468 g/mol. The maximum atomic E-state index is 12.9. The molecule has 1 amide bonds. The van der Waals surface area contributed by atoms with Crippen LogP contribution in [0.1, 0.15) is 74.0 Å². The number of hydrogen-bond acceptors (Lipinski definition) is 5. The van der Waals surface area contributed by atoms with E-state index in [1.54, 1.807) is 18.2 Å². The predicted molar refractivity (Wildman–Crippen MR) is 142 cm³/mol. The van der Waals surface area contributed by atoms with E-state index < -0.39 is 12.0 Å². The summed E-state index contributed by atoms with van der Waals surface area (Å²) in [5.41, 5.74) is 2.36. The van der Waals surface area contributed by atoms with Crippen LogP contribution in [0.3, 0.4) is 0 Å². The SMILES string of the molecule is CC=CC=CC(=O)N1C(C(=O)O)c2cc(OCCc3nc(C=CC4CCCC4)oc3C)ccc2C[C@@H]1C. The summed E-state index contributed by atoms with van der Waals surface area (Å²) in [6, 6.07) is 4.20. The van der Waals surface area contributed by atoms with Gasteiger partial charge in [-0.2, -0.15) is 0 Å². The van der Waals surface area contributed by atoms with Gasteiger partial charge in [0, 0.05) is 18.5 Å². The van der Waals surface area contributed by atoms with Crippen molar-refractivity contribution in [3.05, 3.63) is 77.1 Å². The molecule has 0 saturated heterocycles. The maximum Gasteiger partial charge on any atom is 0.331 e. The number of carbonyl (C=O) groups excluding carboxylic acids is 1. The first-order chi connectivity index (χ1) is 17.9. The summed E-state index contributed by atoms with van der Waals surface area (Å²) in [7, 11) is 0. The lowest BCUT2D eigenvalue weighted by atomic mass is 9.88. The third kappa shape index (κ3) is 6.40. The monoisotopic (exact) mass is 504 g/mol. The van der Waals surface area contributed by atoms with Crippen molar-refractivity contribution < 1.29 is 23.8 Å². The second kappa shape index (κ2) is 12.1. The smallest absolute Gasteiger partial charge is 0.331 e. The molecule has 2 heterocycles. The first-order valence-electron chi connectivity index (χ1n) is 13.1. The van der Waals surface area contributed by atoms with E-state index in [1.165, 1.54) is 36.7 Å². The summed E-state index contributed by atoms with van der Waals surface area (Å²) >= 11 is 0. The number of nitrogens with zero attached hydrogens (tertiary/aromatic N) is 2. The minimum Gasteiger partial charge on any atom is -0.493 e. The van der Waals surface area contributed by atoms with Crippen molar-refractivity contribution in [1.29, 1.82) is 0 Å². The summed E-state index contributed by atoms with van der Waals surface area (Å²) in [5, 5.41) is 10.1. The van der Waals surface area contributed by atoms with Gasteiger partial charge in [0.2, 0.25) is 11.8 Å². The molecule has 7 nitrogen and oxygen atoms in total. The zero-order valence-electron chi connectivity index (χ0n) is 21.9. The third-order valence-electron chi connectivity index (χ3n) is 7.14. The number of ether oxygens (including phenoxy) is 1. The standard InChI is InChI=1S/C30H36N2O5/c1-4-5-6-11-28(33)32-20(2)18-23-13-14-24(19-25(23)29(32)30(34)35)36-17-16-26-21(3)37-27(31-26)15-12-22-9-7-8-10-22/h4-6,11-15,19-20,22,29H,7-10,16-18H2,1-3H3,(H,34,35)/t20-,29?/m0/s1. The average Bonchev–Trinajstić information content (AvgIpc) is 3.51. The van der Waals surface area contributed by atoms with Gasteiger partial charge in [0.05, 0.1) is 12.3 Å². The van der Waals surface area contributed by atoms with Crippen molar-refractivity contribution in [1.82, 2.24) is 9.88 Å². The van der Waals surface area contributed by atoms with Crippen LogP contribution in [-0.4, -0.2) is 39.5 Å². The van der Waals surface area contributed by atoms with Crippen molar-refractivity contribution in [2.75, 3.05) is 6.61 Å². The van der Waals surface area contributed by atoms with E-state index in [4.69, 9.17) is 9.15 Å². The molecule has 196 valence electrons. The molecule has 1 aliphatic carbocycles. The number of benzene rings is 1. The largest absolute Gasteiger partial charge is 0.493 e. The fraction of sp³-hybridized carbons (Fsp3) is 0.433. The molecule has 1 fully saturated rings. The molecule has 4 rings (SSSR count). The van der Waals surface area contributed by atoms with Gasteiger partial charge in [-0.15, -0.1) is 0 Å². The van der Waals surface area contributed by atoms with E-state index in [1.807, 2.05) is 45.1 Å². The fourth-order valence-electron chi connectivity index (χ4n) is 5.24. The van der Waals surface area contributed by atoms with E-state index in [2.05, 4.69) is 11.1 Å². The van der Waals surface area contributed by atoms with Crippen LogP contribution in [0.5, 0.6) is 5.75 Å². The number of allylic oxidation sites excluding steroid dienone is 4. The van der Waals surface area contributed by atoms with Crippen molar-refractivity contribution in [2.45, 2.75) is 71.4 Å². The van der Waals surface area contributed by atoms with Gasteiger partial charge in [0.25, 0.3) is 0 Å². The number of rotatable bonds is 9. The highest BCUT2D eigenvalue weighted by Gasteiger charge is 2.39. The van der Waals surface area contributed by atoms with Gasteiger partial charge in [-0.25, -0.2) is 9.78 Å². The van der Waals surface area contributed by atoms with E-state index in [0.717, 1.165) is 17.0 Å². The summed E-state index contributed by atoms with van der Waals surface area (Å²) in [5.74, 6) is 1.21. The lowest BCUT2D eigenvalue weighted by molar-refractivity contribution is -0.151. The number of hydrogen-bond donors (Lipinski definition) is 1. The van der Waals surface area contributed by atoms with Crippen LogP contribution in [0.2, 0.25) is 0 Å². The van der Waals surface area contributed by atoms with Gasteiger partial charge in [0.1, 0.15) is 11.5 Å². The molecule has 2 atom stereocenters. The molecule has 7 heteroatoms. The Hall–Kier alpha value is -3.61. The second-order valence-electron chi connectivity index (χ2n) is 9.84. The van der Waals surface area contributed by atoms with Crippen molar-refractivity contribution >= 4 is 18.0 Å². The normalized spacial score (nSPS) is 20.4. The summed E-state index contributed by atoms with van der Waals surface area (Å²) in [4.78, 5) is 31.2. The summed E-state index contributed by atoms with van der Waals surface area (Å²) in [6.45, 7) is 6.01. The van der Waals surface area contributed by atoms with Crippen molar-refractivity contribution in [2.24, 2.45) is 5.92 Å². The Kier molecular flexibility index (Phi) is 8.64. The molecular formula is C30H36N2O5. The van der Waals surface area contributed by atoms with Crippen molar-refractivity contribution in [3.63, 3.8) is 0 Å². The molecule has 0 bridgehead atoms. The Morgan fingerprint density at radius 1 is 1.24 bits per heavy atom. The van der Waals surface area contributed by atoms with Gasteiger partial charge in [-0.05, 0) is 75.3 Å². The van der Waals surface area contributed by atoms with Crippen LogP contribution in [-0.2, 0) is 22.4 Å². The first-order valence-corrected chi connectivity index (χ1v) is 13.1. The quantitative estimate of drug-likeness (QED) is 0.341. The minimum atomic E-state index is -1.07. The molecule has 0 radical (unpaired) electrons. The highest BCUT2D eigenvalue weighted by molar-refractivity contribution is 5.92. The number of carboxylic acids is 1. The number of carboxylic acid groups (broad SMARTS) is 1. The highest BCUT2D eigenvalue weighted by Crippen LogP contribution is 2.36. The Morgan fingerprint density at radius 3 is 2.76 bits per heavy atom. The lowest BCUT2D eigenvalue weighted by Gasteiger charge is -2.39. The average molecular weight is 505 g/mol. The molecule has 37 heavy (non-hydrogen) atoms. The second-order valence-corrected chi connectivity index (χ2v) is 9.84. The molecule has 1 aromatic carbocycles. The van der Waals surface area contributed by atoms with Gasteiger partial charge in [0.15, 0.2) is 6.04 Å². The molecule has 1 unspecified atom stereocenters. The Morgan fingerprint density at radius 2 is 2.03 bits per heavy atom. The Balaban J connectivity index is 1.44. The van der Waals surface area contributed by atoms with Gasteiger partial charge in [-0.3, -0.25) is 4.79 Å². The van der Waals surface area contributed by atoms with E-state index in [9.17, 15) is 14.7 Å². The topological polar surface area (TPSA) is 92.9 Å². The van der Waals surface area contributed by atoms with E-state index >= 15 is 0 Å². The lowest BCUT2D eigenvalue weighted by Crippen LogP contribution is -2.48. The van der Waals surface area contributed by atoms with Crippen LogP contribution in [0.25, 0.3) is 6.08 Å². The number of aliphatic carboxylic acids is 1. The highest BCUT2D eigenvalue weighted by atomic mass is 16.5. The summed E-state index contributed by atoms with van der Waals surface area (Å²) < 4.78 is 11.8. The number of amides is 1. The number of carbonyl (C=O) groups is 2. The van der Waals surface area contributed by atoms with Crippen LogP contribution in [0, 0.1) is 12.8 Å². The first kappa shape index (κ1) is 26.5. The number of aryl methyl sites for hydroxylation is 1. The number of aromatic nitrogens is 1. The molecule has 0 spiro atoms. The van der Waals surface area contributed by atoms with E-state index in [-0.39, 0.29) is 11.9 Å². The predicted octanol–water partition coefficient (Wildman–Crippen LogP) is 5.84. The van der Waals surface area contributed by atoms with Gasteiger partial charge < -0.3 is 19.2 Å². The van der Waals surface area contributed by atoms with Gasteiger partial charge >= 0.3 is 5.97 Å². The maximum absolute atomic E-state index is 12.9. The molecule has 1 N–H and O–H groups in total. The zero-order valence-corrected chi connectivity index (χ0v) is 21.9. The third-order valence-corrected chi connectivity index (χ3v) is 7.14.